The lowest BCUT2D eigenvalue weighted by Crippen LogP contribution is -2.45. The Morgan fingerprint density at radius 2 is 1.73 bits per heavy atom. The van der Waals surface area contributed by atoms with E-state index in [1.165, 1.54) is 34.5 Å². The minimum absolute atomic E-state index is 0.0334. The number of hydrogen-bond donors (Lipinski definition) is 2. The van der Waals surface area contributed by atoms with Crippen LogP contribution >= 0.6 is 0 Å². The molecule has 0 radical (unpaired) electrons. The van der Waals surface area contributed by atoms with Gasteiger partial charge in [-0.25, -0.2) is 0 Å². The van der Waals surface area contributed by atoms with E-state index in [-0.39, 0.29) is 5.91 Å². The van der Waals surface area contributed by atoms with E-state index in [0.29, 0.717) is 24.2 Å². The normalized spacial score (nSPS) is 25.1. The maximum absolute atomic E-state index is 12.4. The smallest absolute Gasteiger partial charge is 0.254 e. The van der Waals surface area contributed by atoms with Crippen LogP contribution in [0.2, 0.25) is 0 Å². The Morgan fingerprint density at radius 3 is 2.43 bits per heavy atom. The maximum atomic E-state index is 12.4. The zero-order valence-electron chi connectivity index (χ0n) is 17.5. The second-order valence-corrected chi connectivity index (χ2v) is 9.83. The molecule has 5 nitrogen and oxygen atoms in total. The van der Waals surface area contributed by atoms with Crippen LogP contribution in [0.5, 0.6) is 0 Å². The van der Waals surface area contributed by atoms with Gasteiger partial charge in [-0.15, -0.1) is 0 Å². The molecule has 2 N–H and O–H groups in total. The maximum Gasteiger partial charge on any atom is 0.254 e. The second kappa shape index (κ2) is 6.24. The van der Waals surface area contributed by atoms with Gasteiger partial charge in [0.1, 0.15) is 5.60 Å². The molecule has 2 aromatic carbocycles. The number of carbonyl (C=O) groups is 1. The molecular weight excluding hydrogens is 374 g/mol. The summed E-state index contributed by atoms with van der Waals surface area (Å²) in [5.74, 6) is 0.581. The average Bonchev–Trinajstić information content (AvgIpc) is 3.66. The van der Waals surface area contributed by atoms with Gasteiger partial charge in [0.25, 0.3) is 5.91 Å². The molecule has 2 heterocycles. The highest BCUT2D eigenvalue weighted by Crippen LogP contribution is 2.65. The van der Waals surface area contributed by atoms with E-state index >= 15 is 0 Å². The number of anilines is 2. The molecule has 1 amide bonds. The Kier molecular flexibility index (Phi) is 3.80. The van der Waals surface area contributed by atoms with Crippen LogP contribution in [0.15, 0.2) is 42.5 Å². The van der Waals surface area contributed by atoms with Crippen molar-refractivity contribution in [1.82, 2.24) is 4.90 Å². The molecule has 6 rings (SSSR count). The lowest BCUT2D eigenvalue weighted by molar-refractivity contribution is -0.144. The van der Waals surface area contributed by atoms with Crippen molar-refractivity contribution in [2.45, 2.75) is 43.6 Å². The van der Waals surface area contributed by atoms with E-state index in [2.05, 4.69) is 59.7 Å². The summed E-state index contributed by atoms with van der Waals surface area (Å²) in [6.07, 6.45) is 4.63. The molecule has 0 aromatic heterocycles. The van der Waals surface area contributed by atoms with Crippen LogP contribution in [0.3, 0.4) is 0 Å². The number of fused-ring (bicyclic) bond motifs is 1. The Hall–Kier alpha value is -2.53. The standard InChI is InChI=1S/C25H29N3O2/c1-27-16-26-21-14-19(6-7-22(21)27)17-2-4-18(5-3-17)20-15-24(20)10-12-28(13-11-24)23(29)25(30)8-9-25/h2-7,14,20,26,30H,8-13,15-16H2,1H3/t20-/m1/s1. The van der Waals surface area contributed by atoms with Gasteiger partial charge in [0.2, 0.25) is 0 Å². The molecule has 1 saturated heterocycles. The molecule has 1 atom stereocenters. The number of hydrogen-bond acceptors (Lipinski definition) is 4. The van der Waals surface area contributed by atoms with E-state index in [4.69, 9.17) is 0 Å². The van der Waals surface area contributed by atoms with Gasteiger partial charge in [0.15, 0.2) is 0 Å². The molecule has 30 heavy (non-hydrogen) atoms. The van der Waals surface area contributed by atoms with Crippen LogP contribution in [0.4, 0.5) is 11.4 Å². The molecule has 2 aromatic rings. The first-order valence-corrected chi connectivity index (χ1v) is 11.2. The fourth-order valence-electron chi connectivity index (χ4n) is 5.54. The molecule has 2 saturated carbocycles. The third-order valence-electron chi connectivity index (χ3n) is 7.92. The average molecular weight is 404 g/mol. The Morgan fingerprint density at radius 1 is 1.03 bits per heavy atom. The lowest BCUT2D eigenvalue weighted by Gasteiger charge is -2.34. The van der Waals surface area contributed by atoms with Gasteiger partial charge in [0.05, 0.1) is 18.0 Å². The number of benzene rings is 2. The Bertz CT molecular complexity index is 1000. The molecule has 1 spiro atoms. The minimum atomic E-state index is -1.02. The van der Waals surface area contributed by atoms with Crippen molar-refractivity contribution in [3.05, 3.63) is 48.0 Å². The Labute approximate surface area is 177 Å². The van der Waals surface area contributed by atoms with Crippen molar-refractivity contribution >= 4 is 17.3 Å². The summed E-state index contributed by atoms with van der Waals surface area (Å²) in [7, 11) is 2.10. The fourth-order valence-corrected chi connectivity index (χ4v) is 5.54. The van der Waals surface area contributed by atoms with Crippen LogP contribution < -0.4 is 10.2 Å². The van der Waals surface area contributed by atoms with E-state index in [0.717, 1.165) is 32.6 Å². The van der Waals surface area contributed by atoms with E-state index in [1.54, 1.807) is 0 Å². The molecule has 0 unspecified atom stereocenters. The number of aliphatic hydroxyl groups is 1. The first-order valence-electron chi connectivity index (χ1n) is 11.2. The predicted octanol–water partition coefficient (Wildman–Crippen LogP) is 3.79. The van der Waals surface area contributed by atoms with Crippen molar-refractivity contribution in [1.29, 1.82) is 0 Å². The number of likely N-dealkylation sites (tertiary alicyclic amines) is 1. The van der Waals surface area contributed by atoms with Crippen molar-refractivity contribution in [3.63, 3.8) is 0 Å². The molecule has 156 valence electrons. The van der Waals surface area contributed by atoms with Crippen LogP contribution in [-0.2, 0) is 4.79 Å². The summed E-state index contributed by atoms with van der Waals surface area (Å²) in [5.41, 5.74) is 5.74. The zero-order valence-corrected chi connectivity index (χ0v) is 17.5. The summed E-state index contributed by atoms with van der Waals surface area (Å²) in [5, 5.41) is 13.6. The van der Waals surface area contributed by atoms with Crippen LogP contribution in [0.25, 0.3) is 11.1 Å². The summed E-state index contributed by atoms with van der Waals surface area (Å²) < 4.78 is 0. The van der Waals surface area contributed by atoms with Gasteiger partial charge < -0.3 is 20.2 Å². The number of nitrogens with zero attached hydrogens (tertiary/aromatic N) is 2. The lowest BCUT2D eigenvalue weighted by atomic mass is 9.88. The molecular formula is C25H29N3O2. The number of carbonyl (C=O) groups excluding carboxylic acids is 1. The van der Waals surface area contributed by atoms with Crippen LogP contribution in [0, 0.1) is 5.41 Å². The van der Waals surface area contributed by atoms with Crippen molar-refractivity contribution < 1.29 is 9.90 Å². The van der Waals surface area contributed by atoms with Gasteiger partial charge in [-0.2, -0.15) is 0 Å². The summed E-state index contributed by atoms with van der Waals surface area (Å²) in [6, 6.07) is 15.7. The molecule has 2 aliphatic heterocycles. The third kappa shape index (κ3) is 2.83. The van der Waals surface area contributed by atoms with Gasteiger partial charge in [-0.05, 0) is 72.3 Å². The van der Waals surface area contributed by atoms with Crippen molar-refractivity contribution in [2.24, 2.45) is 5.41 Å². The van der Waals surface area contributed by atoms with Gasteiger partial charge in [-0.3, -0.25) is 4.79 Å². The third-order valence-corrected chi connectivity index (χ3v) is 7.92. The summed E-state index contributed by atoms with van der Waals surface area (Å²) in [6.45, 7) is 2.46. The molecule has 5 heteroatoms. The highest BCUT2D eigenvalue weighted by Gasteiger charge is 2.57. The minimum Gasteiger partial charge on any atom is -0.380 e. The monoisotopic (exact) mass is 403 g/mol. The number of amides is 1. The number of piperidine rings is 1. The highest BCUT2D eigenvalue weighted by molar-refractivity contribution is 5.88. The Balaban J connectivity index is 1.13. The number of nitrogens with one attached hydrogen (secondary N) is 1. The highest BCUT2D eigenvalue weighted by atomic mass is 16.3. The van der Waals surface area contributed by atoms with Gasteiger partial charge in [-0.1, -0.05) is 30.3 Å². The predicted molar refractivity (Wildman–Crippen MR) is 119 cm³/mol. The van der Waals surface area contributed by atoms with Gasteiger partial charge in [0, 0.05) is 20.1 Å². The van der Waals surface area contributed by atoms with E-state index < -0.39 is 5.60 Å². The molecule has 2 aliphatic carbocycles. The molecule has 4 aliphatic rings. The summed E-state index contributed by atoms with van der Waals surface area (Å²) in [4.78, 5) is 16.5. The number of rotatable bonds is 3. The quantitative estimate of drug-likeness (QED) is 0.819. The van der Waals surface area contributed by atoms with Crippen molar-refractivity contribution in [2.75, 3.05) is 37.0 Å². The SMILES string of the molecule is CN1CNc2cc(-c3ccc([C@H]4CC45CCN(C(=O)C4(O)CC4)CC5)cc3)ccc21. The molecule has 0 bridgehead atoms. The van der Waals surface area contributed by atoms with Crippen LogP contribution in [0.1, 0.15) is 43.6 Å². The van der Waals surface area contributed by atoms with Crippen LogP contribution in [-0.4, -0.2) is 48.3 Å². The van der Waals surface area contributed by atoms with E-state index in [9.17, 15) is 9.90 Å². The topological polar surface area (TPSA) is 55.8 Å². The second-order valence-electron chi connectivity index (χ2n) is 9.83. The first kappa shape index (κ1) is 18.3. The van der Waals surface area contributed by atoms with Gasteiger partial charge >= 0.3 is 0 Å². The fraction of sp³-hybridized carbons (Fsp3) is 0.480. The largest absolute Gasteiger partial charge is 0.380 e. The van der Waals surface area contributed by atoms with Crippen molar-refractivity contribution in [3.8, 4) is 11.1 Å². The van der Waals surface area contributed by atoms with E-state index in [1.807, 2.05) is 4.90 Å². The zero-order chi connectivity index (χ0) is 20.5. The summed E-state index contributed by atoms with van der Waals surface area (Å²) >= 11 is 0. The molecule has 3 fully saturated rings. The first-order chi connectivity index (χ1) is 14.5.